The fourth-order valence-corrected chi connectivity index (χ4v) is 6.15. The Balaban J connectivity index is 1.44. The maximum atomic E-state index is 6.73. The third kappa shape index (κ3) is 6.88. The van der Waals surface area contributed by atoms with Crippen LogP contribution in [0, 0.1) is 11.8 Å². The fraction of sp³-hybridized carbons (Fsp3) is 1.00. The van der Waals surface area contributed by atoms with Crippen molar-refractivity contribution in [2.75, 3.05) is 52.4 Å². The molecule has 30 heavy (non-hydrogen) atoms. The molecule has 3 saturated heterocycles. The smallest absolute Gasteiger partial charge is 0.0197 e. The second-order valence-corrected chi connectivity index (χ2v) is 10.9. The highest BCUT2D eigenvalue weighted by molar-refractivity contribution is 4.90. The summed E-state index contributed by atoms with van der Waals surface area (Å²) in [5, 5.41) is 3.52. The second kappa shape index (κ2) is 11.6. The van der Waals surface area contributed by atoms with Gasteiger partial charge in [0.1, 0.15) is 0 Å². The lowest BCUT2D eigenvalue weighted by Crippen LogP contribution is -2.54. The largest absolute Gasteiger partial charge is 0.327 e. The van der Waals surface area contributed by atoms with Crippen LogP contribution in [-0.2, 0) is 0 Å². The molecule has 3 aliphatic heterocycles. The first-order valence-electron chi connectivity index (χ1n) is 12.8. The van der Waals surface area contributed by atoms with Crippen LogP contribution in [0.1, 0.15) is 59.8 Å². The summed E-state index contributed by atoms with van der Waals surface area (Å²) in [6.45, 7) is 18.7. The first-order chi connectivity index (χ1) is 14.3. The van der Waals surface area contributed by atoms with Gasteiger partial charge >= 0.3 is 0 Å². The molecule has 6 heteroatoms. The normalized spacial score (nSPS) is 35.3. The molecule has 0 aromatic heterocycles. The summed E-state index contributed by atoms with van der Waals surface area (Å²) < 4.78 is 0. The lowest BCUT2D eigenvalue weighted by molar-refractivity contribution is 0.0674. The van der Waals surface area contributed by atoms with Crippen LogP contribution in [0.5, 0.6) is 0 Å². The predicted octanol–water partition coefficient (Wildman–Crippen LogP) is 1.55. The Morgan fingerprint density at radius 3 is 2.33 bits per heavy atom. The van der Waals surface area contributed by atoms with Crippen molar-refractivity contribution in [2.24, 2.45) is 23.3 Å². The number of rotatable bonds is 7. The van der Waals surface area contributed by atoms with Gasteiger partial charge in [0.05, 0.1) is 0 Å². The van der Waals surface area contributed by atoms with Crippen LogP contribution in [-0.4, -0.2) is 97.3 Å². The van der Waals surface area contributed by atoms with Crippen LogP contribution < -0.4 is 16.8 Å². The summed E-state index contributed by atoms with van der Waals surface area (Å²) in [5.41, 5.74) is 13.1. The van der Waals surface area contributed by atoms with E-state index in [4.69, 9.17) is 11.5 Å². The lowest BCUT2D eigenvalue weighted by Gasteiger charge is -2.44. The van der Waals surface area contributed by atoms with Crippen LogP contribution in [0.2, 0.25) is 0 Å². The van der Waals surface area contributed by atoms with Gasteiger partial charge in [0.2, 0.25) is 0 Å². The molecule has 0 amide bonds. The third-order valence-corrected chi connectivity index (χ3v) is 8.11. The molecular weight excluding hydrogens is 372 g/mol. The molecular formula is C24H50N6. The first-order valence-corrected chi connectivity index (χ1v) is 12.8. The van der Waals surface area contributed by atoms with Gasteiger partial charge in [-0.15, -0.1) is 0 Å². The number of hydrogen-bond acceptors (Lipinski definition) is 6. The summed E-state index contributed by atoms with van der Waals surface area (Å²) in [5.74, 6) is 1.39. The number of piperidine rings is 2. The van der Waals surface area contributed by atoms with Gasteiger partial charge in [-0.3, -0.25) is 14.7 Å². The van der Waals surface area contributed by atoms with E-state index in [1.807, 2.05) is 0 Å². The monoisotopic (exact) mass is 422 g/mol. The Bertz CT molecular complexity index is 492. The Morgan fingerprint density at radius 1 is 0.833 bits per heavy atom. The SMILES string of the molecule is CC(C)N1CC(CC(C)N2CCC(CC(C)N3CCCNCC3)C(N)C2)C[C@@H](N)C1. The Kier molecular flexibility index (Phi) is 9.41. The standard InChI is InChI=1S/C24H50N6/c1-18(2)30-15-21(14-23(25)16-30)12-19(3)29-10-6-22(24(26)17-29)13-20(4)28-9-5-7-27-8-11-28/h18-24,27H,5-17,25-26H2,1-4H3/t19?,20?,21?,22?,23-,24?/m1/s1. The molecule has 3 heterocycles. The third-order valence-electron chi connectivity index (χ3n) is 8.11. The fourth-order valence-electron chi connectivity index (χ4n) is 6.15. The van der Waals surface area contributed by atoms with Crippen LogP contribution in [0.4, 0.5) is 0 Å². The molecule has 6 atom stereocenters. The van der Waals surface area contributed by atoms with Gasteiger partial charge in [-0.25, -0.2) is 0 Å². The van der Waals surface area contributed by atoms with Gasteiger partial charge in [0, 0.05) is 62.9 Å². The van der Waals surface area contributed by atoms with Crippen molar-refractivity contribution < 1.29 is 0 Å². The van der Waals surface area contributed by atoms with Gasteiger partial charge in [-0.2, -0.15) is 0 Å². The second-order valence-electron chi connectivity index (χ2n) is 10.9. The van der Waals surface area contributed by atoms with E-state index in [0.717, 1.165) is 25.6 Å². The Labute approximate surface area is 186 Å². The number of hydrogen-bond donors (Lipinski definition) is 3. The molecule has 0 radical (unpaired) electrons. The van der Waals surface area contributed by atoms with E-state index in [-0.39, 0.29) is 0 Å². The maximum absolute atomic E-state index is 6.73. The molecule has 5 N–H and O–H groups in total. The molecule has 0 aliphatic carbocycles. The van der Waals surface area contributed by atoms with Gasteiger partial charge in [-0.1, -0.05) is 0 Å². The van der Waals surface area contributed by atoms with Crippen molar-refractivity contribution in [1.82, 2.24) is 20.0 Å². The van der Waals surface area contributed by atoms with Crippen molar-refractivity contribution in [2.45, 2.75) is 90.0 Å². The minimum Gasteiger partial charge on any atom is -0.327 e. The van der Waals surface area contributed by atoms with Crippen molar-refractivity contribution in [1.29, 1.82) is 0 Å². The zero-order chi connectivity index (χ0) is 21.7. The molecule has 6 nitrogen and oxygen atoms in total. The van der Waals surface area contributed by atoms with E-state index in [9.17, 15) is 0 Å². The van der Waals surface area contributed by atoms with E-state index in [0.29, 0.717) is 36.1 Å². The Hall–Kier alpha value is -0.240. The van der Waals surface area contributed by atoms with Crippen molar-refractivity contribution in [3.05, 3.63) is 0 Å². The summed E-state index contributed by atoms with van der Waals surface area (Å²) in [6.07, 6.45) is 6.21. The molecule has 0 bridgehead atoms. The molecule has 0 saturated carbocycles. The number of nitrogens with two attached hydrogens (primary N) is 2. The van der Waals surface area contributed by atoms with E-state index in [1.165, 1.54) is 64.8 Å². The topological polar surface area (TPSA) is 73.8 Å². The molecule has 0 spiro atoms. The van der Waals surface area contributed by atoms with E-state index < -0.39 is 0 Å². The zero-order valence-corrected chi connectivity index (χ0v) is 20.2. The lowest BCUT2D eigenvalue weighted by atomic mass is 9.84. The summed E-state index contributed by atoms with van der Waals surface area (Å²) in [4.78, 5) is 7.92. The minimum atomic E-state index is 0.314. The van der Waals surface area contributed by atoms with E-state index in [1.54, 1.807) is 0 Å². The predicted molar refractivity (Wildman–Crippen MR) is 128 cm³/mol. The van der Waals surface area contributed by atoms with Gasteiger partial charge in [0.15, 0.2) is 0 Å². The highest BCUT2D eigenvalue weighted by Gasteiger charge is 2.33. The highest BCUT2D eigenvalue weighted by Crippen LogP contribution is 2.28. The maximum Gasteiger partial charge on any atom is 0.0197 e. The number of nitrogens with zero attached hydrogens (tertiary/aromatic N) is 3. The number of nitrogens with one attached hydrogen (secondary N) is 1. The van der Waals surface area contributed by atoms with E-state index >= 15 is 0 Å². The minimum absolute atomic E-state index is 0.314. The van der Waals surface area contributed by atoms with Gasteiger partial charge < -0.3 is 16.8 Å². The molecule has 176 valence electrons. The van der Waals surface area contributed by atoms with Crippen LogP contribution >= 0.6 is 0 Å². The molecule has 3 aliphatic rings. The summed E-state index contributed by atoms with van der Waals surface area (Å²) >= 11 is 0. The van der Waals surface area contributed by atoms with Gasteiger partial charge in [0.25, 0.3) is 0 Å². The van der Waals surface area contributed by atoms with Crippen LogP contribution in [0.25, 0.3) is 0 Å². The summed E-state index contributed by atoms with van der Waals surface area (Å²) in [6, 6.07) is 2.50. The molecule has 3 fully saturated rings. The summed E-state index contributed by atoms with van der Waals surface area (Å²) in [7, 11) is 0. The molecule has 0 aromatic carbocycles. The Morgan fingerprint density at radius 2 is 1.60 bits per heavy atom. The zero-order valence-electron chi connectivity index (χ0n) is 20.2. The number of likely N-dealkylation sites (tertiary alicyclic amines) is 2. The van der Waals surface area contributed by atoms with Crippen LogP contribution in [0.3, 0.4) is 0 Å². The first kappa shape index (κ1) is 24.4. The van der Waals surface area contributed by atoms with Crippen molar-refractivity contribution in [3.63, 3.8) is 0 Å². The molecule has 0 aromatic rings. The molecule has 3 rings (SSSR count). The van der Waals surface area contributed by atoms with Crippen molar-refractivity contribution in [3.8, 4) is 0 Å². The average Bonchev–Trinajstić information content (AvgIpc) is 2.98. The van der Waals surface area contributed by atoms with Gasteiger partial charge in [-0.05, 0) is 91.3 Å². The van der Waals surface area contributed by atoms with E-state index in [2.05, 4.69) is 47.7 Å². The quantitative estimate of drug-likeness (QED) is 0.578. The van der Waals surface area contributed by atoms with Crippen molar-refractivity contribution >= 4 is 0 Å². The molecule has 5 unspecified atom stereocenters. The highest BCUT2D eigenvalue weighted by atomic mass is 15.2. The van der Waals surface area contributed by atoms with Crippen LogP contribution in [0.15, 0.2) is 0 Å². The average molecular weight is 423 g/mol.